The van der Waals surface area contributed by atoms with Crippen LogP contribution in [0.3, 0.4) is 0 Å². The summed E-state index contributed by atoms with van der Waals surface area (Å²) in [7, 11) is 1.65. The van der Waals surface area contributed by atoms with Gasteiger partial charge < -0.3 is 52.1 Å². The first-order valence-electron chi connectivity index (χ1n) is 12.2. The highest BCUT2D eigenvalue weighted by atomic mass is 79.9. The highest BCUT2D eigenvalue weighted by Crippen LogP contribution is 1.87. The van der Waals surface area contributed by atoms with Crippen molar-refractivity contribution in [1.29, 1.82) is 0 Å². The van der Waals surface area contributed by atoms with Crippen LogP contribution in [-0.2, 0) is 52.1 Å². The van der Waals surface area contributed by atoms with E-state index in [0.29, 0.717) is 139 Å². The van der Waals surface area contributed by atoms with Crippen molar-refractivity contribution in [3.05, 3.63) is 0 Å². The number of halogens is 1. The Morgan fingerprint density at radius 1 is 0.286 bits per heavy atom. The van der Waals surface area contributed by atoms with Crippen LogP contribution < -0.4 is 0 Å². The molecule has 0 amide bonds. The average Bonchev–Trinajstić information content (AvgIpc) is 2.87. The Labute approximate surface area is 219 Å². The zero-order chi connectivity index (χ0) is 25.3. The molecule has 0 bridgehead atoms. The van der Waals surface area contributed by atoms with Crippen molar-refractivity contribution < 1.29 is 52.1 Å². The van der Waals surface area contributed by atoms with Crippen LogP contribution in [0.5, 0.6) is 0 Å². The summed E-state index contributed by atoms with van der Waals surface area (Å²) >= 11 is 3.30. The van der Waals surface area contributed by atoms with Crippen molar-refractivity contribution in [2.24, 2.45) is 0 Å². The topological polar surface area (TPSA) is 102 Å². The van der Waals surface area contributed by atoms with E-state index in [1.54, 1.807) is 7.11 Å². The Morgan fingerprint density at radius 2 is 0.457 bits per heavy atom. The lowest BCUT2D eigenvalue weighted by molar-refractivity contribution is -0.0269. The average molecular weight is 580 g/mol. The molecule has 0 aromatic rings. The van der Waals surface area contributed by atoms with Gasteiger partial charge in [-0.3, -0.25) is 0 Å². The van der Waals surface area contributed by atoms with Crippen LogP contribution in [-0.4, -0.2) is 151 Å². The Morgan fingerprint density at radius 3 is 0.629 bits per heavy atom. The van der Waals surface area contributed by atoms with Crippen LogP contribution in [0.25, 0.3) is 0 Å². The maximum atomic E-state index is 5.45. The molecule has 0 aliphatic rings. The van der Waals surface area contributed by atoms with Crippen LogP contribution >= 0.6 is 15.9 Å². The minimum Gasteiger partial charge on any atom is -0.382 e. The van der Waals surface area contributed by atoms with Crippen molar-refractivity contribution in [1.82, 2.24) is 0 Å². The molecule has 0 fully saturated rings. The minimum absolute atomic E-state index is 0.524. The maximum Gasteiger partial charge on any atom is 0.0701 e. The first-order chi connectivity index (χ1) is 17.4. The van der Waals surface area contributed by atoms with Crippen molar-refractivity contribution in [2.75, 3.05) is 151 Å². The molecule has 0 aliphatic carbocycles. The van der Waals surface area contributed by atoms with Crippen molar-refractivity contribution >= 4 is 15.9 Å². The van der Waals surface area contributed by atoms with Gasteiger partial charge in [0.25, 0.3) is 0 Å². The SMILES string of the molecule is COCCOCCOCCOCCOCCOCCOCCOCCOCCOCCOCCBr. The van der Waals surface area contributed by atoms with E-state index in [-0.39, 0.29) is 0 Å². The number of alkyl halides is 1. The summed E-state index contributed by atoms with van der Waals surface area (Å²) in [6.07, 6.45) is 0. The van der Waals surface area contributed by atoms with Crippen LogP contribution in [0, 0.1) is 0 Å². The molecule has 0 atom stereocenters. The molecular formula is C23H47BrO11. The molecule has 0 rings (SSSR count). The first kappa shape index (κ1) is 35.0. The number of rotatable bonds is 32. The van der Waals surface area contributed by atoms with Gasteiger partial charge in [0.1, 0.15) is 0 Å². The van der Waals surface area contributed by atoms with Crippen molar-refractivity contribution in [3.8, 4) is 0 Å². The smallest absolute Gasteiger partial charge is 0.0701 e. The highest BCUT2D eigenvalue weighted by Gasteiger charge is 1.95. The lowest BCUT2D eigenvalue weighted by Crippen LogP contribution is -2.15. The largest absolute Gasteiger partial charge is 0.382 e. The lowest BCUT2D eigenvalue weighted by atomic mass is 10.6. The summed E-state index contributed by atoms with van der Waals surface area (Å²) in [5.41, 5.74) is 0. The van der Waals surface area contributed by atoms with Crippen LogP contribution in [0.2, 0.25) is 0 Å². The second-order valence-corrected chi connectivity index (χ2v) is 7.60. The molecule has 11 nitrogen and oxygen atoms in total. The summed E-state index contributed by atoms with van der Waals surface area (Å²) in [6, 6.07) is 0. The Bertz CT molecular complexity index is 338. The molecule has 0 saturated carbocycles. The van der Waals surface area contributed by atoms with E-state index in [4.69, 9.17) is 52.1 Å². The fraction of sp³-hybridized carbons (Fsp3) is 1.00. The van der Waals surface area contributed by atoms with Gasteiger partial charge in [0.15, 0.2) is 0 Å². The van der Waals surface area contributed by atoms with Gasteiger partial charge in [-0.2, -0.15) is 0 Å². The van der Waals surface area contributed by atoms with Gasteiger partial charge in [-0.25, -0.2) is 0 Å². The van der Waals surface area contributed by atoms with Gasteiger partial charge in [-0.1, -0.05) is 15.9 Å². The molecule has 0 heterocycles. The highest BCUT2D eigenvalue weighted by molar-refractivity contribution is 9.09. The third-order valence-corrected chi connectivity index (χ3v) is 4.33. The molecule has 0 aromatic carbocycles. The summed E-state index contributed by atoms with van der Waals surface area (Å²) in [6.45, 7) is 11.7. The van der Waals surface area contributed by atoms with Gasteiger partial charge in [-0.15, -0.1) is 0 Å². The van der Waals surface area contributed by atoms with E-state index in [1.165, 1.54) is 0 Å². The molecule has 0 aromatic heterocycles. The van der Waals surface area contributed by atoms with Gasteiger partial charge in [-0.05, 0) is 0 Å². The van der Waals surface area contributed by atoms with Crippen LogP contribution in [0.4, 0.5) is 0 Å². The van der Waals surface area contributed by atoms with E-state index in [2.05, 4.69) is 15.9 Å². The molecule has 0 saturated heterocycles. The van der Waals surface area contributed by atoms with E-state index in [0.717, 1.165) is 5.33 Å². The van der Waals surface area contributed by atoms with Gasteiger partial charge >= 0.3 is 0 Å². The fourth-order valence-electron chi connectivity index (χ4n) is 2.28. The van der Waals surface area contributed by atoms with Crippen LogP contribution in [0.1, 0.15) is 0 Å². The molecule has 212 valence electrons. The minimum atomic E-state index is 0.524. The zero-order valence-electron chi connectivity index (χ0n) is 21.4. The summed E-state index contributed by atoms with van der Waals surface area (Å²) in [5.74, 6) is 0. The predicted octanol–water partition coefficient (Wildman–Crippen LogP) is 1.19. The second-order valence-electron chi connectivity index (χ2n) is 6.81. The van der Waals surface area contributed by atoms with Gasteiger partial charge in [0, 0.05) is 12.4 Å². The fourth-order valence-corrected chi connectivity index (χ4v) is 2.51. The quantitative estimate of drug-likeness (QED) is 0.0849. The molecular weight excluding hydrogens is 532 g/mol. The van der Waals surface area contributed by atoms with E-state index in [9.17, 15) is 0 Å². The zero-order valence-corrected chi connectivity index (χ0v) is 23.0. The molecule has 0 radical (unpaired) electrons. The third kappa shape index (κ3) is 34.0. The van der Waals surface area contributed by atoms with E-state index in [1.807, 2.05) is 0 Å². The molecule has 0 N–H and O–H groups in total. The number of methoxy groups -OCH3 is 1. The summed E-state index contributed by atoms with van der Waals surface area (Å²) < 4.78 is 58.8. The Balaban J connectivity index is 3.00. The Kier molecular flexibility index (Phi) is 34.1. The Hall–Kier alpha value is 0.0400. The first-order valence-corrected chi connectivity index (χ1v) is 13.4. The van der Waals surface area contributed by atoms with Crippen molar-refractivity contribution in [2.45, 2.75) is 0 Å². The standard InChI is InChI=1S/C23H47BrO11/c1-25-4-5-27-8-9-29-12-13-31-16-17-33-20-21-35-23-22-34-19-18-32-15-14-30-11-10-28-7-6-26-3-2-24/h2-23H2,1H3. The van der Waals surface area contributed by atoms with E-state index >= 15 is 0 Å². The van der Waals surface area contributed by atoms with Crippen LogP contribution in [0.15, 0.2) is 0 Å². The molecule has 35 heavy (non-hydrogen) atoms. The van der Waals surface area contributed by atoms with Gasteiger partial charge in [0.2, 0.25) is 0 Å². The lowest BCUT2D eigenvalue weighted by Gasteiger charge is -2.09. The summed E-state index contributed by atoms with van der Waals surface area (Å²) in [4.78, 5) is 0. The third-order valence-electron chi connectivity index (χ3n) is 4.00. The molecule has 0 aliphatic heterocycles. The number of hydrogen-bond acceptors (Lipinski definition) is 11. The normalized spacial score (nSPS) is 11.5. The van der Waals surface area contributed by atoms with E-state index < -0.39 is 0 Å². The molecule has 0 spiro atoms. The number of ether oxygens (including phenoxy) is 11. The maximum absolute atomic E-state index is 5.45. The molecule has 12 heteroatoms. The summed E-state index contributed by atoms with van der Waals surface area (Å²) in [5, 5.41) is 0.841. The number of hydrogen-bond donors (Lipinski definition) is 0. The second kappa shape index (κ2) is 34.0. The predicted molar refractivity (Wildman–Crippen MR) is 134 cm³/mol. The monoisotopic (exact) mass is 578 g/mol. The van der Waals surface area contributed by atoms with Gasteiger partial charge in [0.05, 0.1) is 139 Å². The van der Waals surface area contributed by atoms with Crippen molar-refractivity contribution in [3.63, 3.8) is 0 Å². The molecule has 0 unspecified atom stereocenters.